The fourth-order valence-corrected chi connectivity index (χ4v) is 4.12. The summed E-state index contributed by atoms with van der Waals surface area (Å²) in [5, 5.41) is 2.72. The fourth-order valence-electron chi connectivity index (χ4n) is 1.72. The van der Waals surface area contributed by atoms with E-state index in [1.807, 2.05) is 12.3 Å². The molecule has 0 saturated heterocycles. The summed E-state index contributed by atoms with van der Waals surface area (Å²) in [5.74, 6) is 0. The third kappa shape index (κ3) is 1.12. The van der Waals surface area contributed by atoms with Crippen molar-refractivity contribution >= 4 is 33.9 Å². The zero-order valence-corrected chi connectivity index (χ0v) is 9.53. The molecule has 0 fully saturated rings. The van der Waals surface area contributed by atoms with Crippen LogP contribution >= 0.6 is 0 Å². The molecule has 0 saturated carbocycles. The molecular formula is C12H9NSe. The van der Waals surface area contributed by atoms with Gasteiger partial charge >= 0.3 is 87.9 Å². The minimum absolute atomic E-state index is 0.415. The summed E-state index contributed by atoms with van der Waals surface area (Å²) in [5.41, 5.74) is 1.35. The number of hydrogen-bond acceptors (Lipinski definition) is 1. The molecule has 2 heterocycles. The Morgan fingerprint density at radius 1 is 1.14 bits per heavy atom. The molecule has 2 heteroatoms. The molecule has 0 bridgehead atoms. The summed E-state index contributed by atoms with van der Waals surface area (Å²) >= 11 is 0.415. The number of aryl methyl sites for hydroxylation is 1. The molecular weight excluding hydrogens is 237 g/mol. The van der Waals surface area contributed by atoms with E-state index in [-0.39, 0.29) is 0 Å². The van der Waals surface area contributed by atoms with Crippen LogP contribution < -0.4 is 0 Å². The second-order valence-electron chi connectivity index (χ2n) is 3.46. The van der Waals surface area contributed by atoms with Gasteiger partial charge in [0.2, 0.25) is 0 Å². The molecule has 0 N–H and O–H groups in total. The van der Waals surface area contributed by atoms with E-state index >= 15 is 0 Å². The Labute approximate surface area is 88.1 Å². The standard InChI is InChI=1S/C12H9NSe/c1-8-4-5-9-10-3-2-6-13-12(10)14-11(9)7-8/h2-7H,1H3. The Morgan fingerprint density at radius 3 is 3.00 bits per heavy atom. The van der Waals surface area contributed by atoms with Gasteiger partial charge in [0.25, 0.3) is 0 Å². The van der Waals surface area contributed by atoms with Crippen LogP contribution in [0.1, 0.15) is 5.56 Å². The van der Waals surface area contributed by atoms with Gasteiger partial charge in [-0.05, 0) is 0 Å². The van der Waals surface area contributed by atoms with E-state index in [4.69, 9.17) is 0 Å². The molecule has 68 valence electrons. The molecule has 3 rings (SSSR count). The molecule has 1 nitrogen and oxygen atoms in total. The van der Waals surface area contributed by atoms with Crippen LogP contribution in [0, 0.1) is 6.92 Å². The van der Waals surface area contributed by atoms with E-state index in [1.54, 1.807) is 0 Å². The van der Waals surface area contributed by atoms with Gasteiger partial charge in [0.1, 0.15) is 0 Å². The van der Waals surface area contributed by atoms with Crippen LogP contribution in [-0.2, 0) is 0 Å². The number of fused-ring (bicyclic) bond motifs is 3. The average molecular weight is 246 g/mol. The van der Waals surface area contributed by atoms with E-state index in [9.17, 15) is 0 Å². The predicted molar refractivity (Wildman–Crippen MR) is 60.9 cm³/mol. The Kier molecular flexibility index (Phi) is 1.73. The molecule has 0 spiro atoms. The third-order valence-electron chi connectivity index (χ3n) is 2.41. The van der Waals surface area contributed by atoms with Crippen LogP contribution in [0.5, 0.6) is 0 Å². The molecule has 0 aliphatic carbocycles. The molecule has 0 aliphatic rings. The average Bonchev–Trinajstić information content (AvgIpc) is 2.54. The van der Waals surface area contributed by atoms with Crippen molar-refractivity contribution in [2.75, 3.05) is 0 Å². The van der Waals surface area contributed by atoms with E-state index in [2.05, 4.69) is 36.2 Å². The van der Waals surface area contributed by atoms with Crippen molar-refractivity contribution in [1.82, 2.24) is 4.98 Å². The molecule has 0 atom stereocenters. The van der Waals surface area contributed by atoms with Crippen molar-refractivity contribution in [3.63, 3.8) is 0 Å². The Bertz CT molecular complexity index is 610. The summed E-state index contributed by atoms with van der Waals surface area (Å²) in [7, 11) is 0. The second-order valence-corrected chi connectivity index (χ2v) is 5.62. The first-order valence-corrected chi connectivity index (χ1v) is 6.30. The predicted octanol–water partition coefficient (Wildman–Crippen LogP) is 2.75. The molecule has 1 aromatic carbocycles. The maximum atomic E-state index is 4.43. The Balaban J connectivity index is 2.57. The van der Waals surface area contributed by atoms with Crippen LogP contribution in [0.3, 0.4) is 0 Å². The number of pyridine rings is 1. The zero-order chi connectivity index (χ0) is 9.54. The van der Waals surface area contributed by atoms with Crippen molar-refractivity contribution in [2.45, 2.75) is 6.92 Å². The van der Waals surface area contributed by atoms with Crippen molar-refractivity contribution in [3.8, 4) is 0 Å². The molecule has 3 aromatic rings. The second kappa shape index (κ2) is 2.94. The Hall–Kier alpha value is -1.11. The summed E-state index contributed by atoms with van der Waals surface area (Å²) < 4.78 is 2.76. The minimum atomic E-state index is 0.415. The van der Waals surface area contributed by atoms with Crippen LogP contribution in [0.25, 0.3) is 19.4 Å². The topological polar surface area (TPSA) is 12.9 Å². The number of nitrogens with zero attached hydrogens (tertiary/aromatic N) is 1. The van der Waals surface area contributed by atoms with Gasteiger partial charge in [0, 0.05) is 0 Å². The zero-order valence-electron chi connectivity index (χ0n) is 7.82. The van der Waals surface area contributed by atoms with E-state index in [0.29, 0.717) is 14.5 Å². The first-order chi connectivity index (χ1) is 6.84. The summed E-state index contributed by atoms with van der Waals surface area (Å²) in [4.78, 5) is 4.43. The normalized spacial score (nSPS) is 11.2. The molecule has 14 heavy (non-hydrogen) atoms. The molecule has 0 radical (unpaired) electrons. The van der Waals surface area contributed by atoms with Gasteiger partial charge in [-0.15, -0.1) is 0 Å². The van der Waals surface area contributed by atoms with Gasteiger partial charge in [-0.3, -0.25) is 0 Å². The quantitative estimate of drug-likeness (QED) is 0.556. The SMILES string of the molecule is Cc1ccc2c(c1)[se]c1ncccc12. The van der Waals surface area contributed by atoms with Crippen LogP contribution in [0.4, 0.5) is 0 Å². The van der Waals surface area contributed by atoms with Gasteiger partial charge in [-0.2, -0.15) is 0 Å². The molecule has 2 aromatic heterocycles. The summed E-state index contributed by atoms with van der Waals surface area (Å²) in [6, 6.07) is 10.9. The monoisotopic (exact) mass is 247 g/mol. The summed E-state index contributed by atoms with van der Waals surface area (Å²) in [6.07, 6.45) is 1.89. The van der Waals surface area contributed by atoms with Crippen LogP contribution in [-0.4, -0.2) is 19.5 Å². The first kappa shape index (κ1) is 8.22. The van der Waals surface area contributed by atoms with E-state index < -0.39 is 0 Å². The number of hydrogen-bond donors (Lipinski definition) is 0. The summed E-state index contributed by atoms with van der Waals surface area (Å²) in [6.45, 7) is 2.15. The number of benzene rings is 1. The Morgan fingerprint density at radius 2 is 2.07 bits per heavy atom. The molecule has 0 unspecified atom stereocenters. The fraction of sp³-hybridized carbons (Fsp3) is 0.0833. The molecule has 0 aliphatic heterocycles. The van der Waals surface area contributed by atoms with Crippen LogP contribution in [0.15, 0.2) is 36.5 Å². The van der Waals surface area contributed by atoms with Crippen molar-refractivity contribution in [1.29, 1.82) is 0 Å². The van der Waals surface area contributed by atoms with Crippen molar-refractivity contribution in [3.05, 3.63) is 42.1 Å². The first-order valence-electron chi connectivity index (χ1n) is 4.58. The number of rotatable bonds is 0. The van der Waals surface area contributed by atoms with Gasteiger partial charge in [-0.1, -0.05) is 0 Å². The van der Waals surface area contributed by atoms with Gasteiger partial charge in [0.15, 0.2) is 0 Å². The van der Waals surface area contributed by atoms with Crippen molar-refractivity contribution < 1.29 is 0 Å². The molecule has 0 amide bonds. The number of aromatic nitrogens is 1. The van der Waals surface area contributed by atoms with E-state index in [0.717, 1.165) is 0 Å². The third-order valence-corrected chi connectivity index (χ3v) is 4.66. The maximum absolute atomic E-state index is 4.43. The van der Waals surface area contributed by atoms with Gasteiger partial charge < -0.3 is 0 Å². The van der Waals surface area contributed by atoms with Gasteiger partial charge in [-0.25, -0.2) is 0 Å². The van der Waals surface area contributed by atoms with Gasteiger partial charge in [0.05, 0.1) is 0 Å². The van der Waals surface area contributed by atoms with Crippen molar-refractivity contribution in [2.24, 2.45) is 0 Å². The van der Waals surface area contributed by atoms with E-state index in [1.165, 1.54) is 25.0 Å². The van der Waals surface area contributed by atoms with Crippen LogP contribution in [0.2, 0.25) is 0 Å².